The summed E-state index contributed by atoms with van der Waals surface area (Å²) in [5.41, 5.74) is 3.84. The first-order valence-electron chi connectivity index (χ1n) is 16.2. The summed E-state index contributed by atoms with van der Waals surface area (Å²) in [6, 6.07) is 21.6. The molecule has 2 aromatic carbocycles. The van der Waals surface area contributed by atoms with Gasteiger partial charge >= 0.3 is 0 Å². The molecule has 0 N–H and O–H groups in total. The van der Waals surface area contributed by atoms with E-state index >= 15 is 0 Å². The zero-order chi connectivity index (χ0) is 32.4. The van der Waals surface area contributed by atoms with E-state index in [1.165, 1.54) is 21.5 Å². The highest BCUT2D eigenvalue weighted by Crippen LogP contribution is 2.44. The number of carbonyl (C=O) groups excluding carboxylic acids is 1. The Morgan fingerprint density at radius 2 is 1.26 bits per heavy atom. The normalized spacial score (nSPS) is 15.1. The van der Waals surface area contributed by atoms with E-state index in [9.17, 15) is 4.79 Å². The maximum atomic E-state index is 12.1. The van der Waals surface area contributed by atoms with Crippen LogP contribution in [0.25, 0.3) is 0 Å². The largest absolute Gasteiger partial charge is 0.412 e. The van der Waals surface area contributed by atoms with Gasteiger partial charge in [-0.15, -0.1) is 0 Å². The zero-order valence-electron chi connectivity index (χ0n) is 29.2. The van der Waals surface area contributed by atoms with E-state index in [4.69, 9.17) is 13.6 Å². The lowest BCUT2D eigenvalue weighted by atomic mass is 9.97. The van der Waals surface area contributed by atoms with Gasteiger partial charge in [-0.05, 0) is 57.4 Å². The van der Waals surface area contributed by atoms with Gasteiger partial charge in [0, 0.05) is 13.0 Å². The first-order valence-corrected chi connectivity index (χ1v) is 20.3. The molecule has 2 atom stereocenters. The molecule has 0 aromatic heterocycles. The maximum Gasteiger partial charge on any atom is 0.261 e. The molecule has 0 aliphatic heterocycles. The van der Waals surface area contributed by atoms with Crippen molar-refractivity contribution in [2.24, 2.45) is 5.92 Å². The highest BCUT2D eigenvalue weighted by molar-refractivity contribution is 6.99. The minimum Gasteiger partial charge on any atom is -0.412 e. The van der Waals surface area contributed by atoms with Crippen molar-refractivity contribution in [3.8, 4) is 0 Å². The van der Waals surface area contributed by atoms with E-state index in [1.54, 1.807) is 7.11 Å². The maximum absolute atomic E-state index is 12.1. The van der Waals surface area contributed by atoms with E-state index in [-0.39, 0.29) is 17.1 Å². The molecule has 0 bridgehead atoms. The van der Waals surface area contributed by atoms with Crippen LogP contribution in [0.2, 0.25) is 21.7 Å². The molecular weight excluding hydrogens is 565 g/mol. The van der Waals surface area contributed by atoms with E-state index in [2.05, 4.69) is 130 Å². The van der Waals surface area contributed by atoms with Gasteiger partial charge < -0.3 is 18.4 Å². The summed E-state index contributed by atoms with van der Waals surface area (Å²) in [6.45, 7) is 26.0. The standard InChI is InChI=1S/C37H60O4Si2/c1-28(2)42(29(3)4,30(5)6)41-36(32(8)25-38)24-23-31(7)33(26-39-12)27-40-43(37(9,10)11,34-19-15-13-16-20-34)35-21-17-14-18-22-35/h13-22,25,28-30,32,36H,23-24,26-27H2,1-12H3/b33-31-/t32-,36-/m0/s1. The molecule has 0 unspecified atom stereocenters. The zero-order valence-corrected chi connectivity index (χ0v) is 31.2. The Morgan fingerprint density at radius 1 is 0.791 bits per heavy atom. The number of allylic oxidation sites excluding steroid dienone is 1. The van der Waals surface area contributed by atoms with E-state index in [1.807, 2.05) is 6.92 Å². The highest BCUT2D eigenvalue weighted by Gasteiger charge is 2.50. The minimum atomic E-state index is -2.68. The monoisotopic (exact) mass is 624 g/mol. The third-order valence-corrected chi connectivity index (χ3v) is 20.6. The number of benzene rings is 2. The fourth-order valence-electron chi connectivity index (χ4n) is 7.14. The molecule has 0 saturated heterocycles. The summed E-state index contributed by atoms with van der Waals surface area (Å²) in [7, 11) is -3.06. The predicted molar refractivity (Wildman–Crippen MR) is 189 cm³/mol. The van der Waals surface area contributed by atoms with Crippen LogP contribution in [-0.4, -0.2) is 49.3 Å². The molecule has 0 amide bonds. The first-order chi connectivity index (χ1) is 20.2. The van der Waals surface area contributed by atoms with Crippen LogP contribution >= 0.6 is 0 Å². The molecule has 0 aliphatic carbocycles. The van der Waals surface area contributed by atoms with Crippen LogP contribution in [0.3, 0.4) is 0 Å². The molecule has 2 aromatic rings. The molecule has 0 spiro atoms. The lowest BCUT2D eigenvalue weighted by Gasteiger charge is -2.45. The van der Waals surface area contributed by atoms with Crippen LogP contribution in [0.15, 0.2) is 71.8 Å². The Morgan fingerprint density at radius 3 is 1.63 bits per heavy atom. The summed E-state index contributed by atoms with van der Waals surface area (Å²) in [4.78, 5) is 12.1. The summed E-state index contributed by atoms with van der Waals surface area (Å²) in [5.74, 6) is -0.157. The van der Waals surface area contributed by atoms with Gasteiger partial charge in [-0.3, -0.25) is 0 Å². The average molecular weight is 625 g/mol. The third-order valence-electron chi connectivity index (χ3n) is 9.47. The van der Waals surface area contributed by atoms with Crippen molar-refractivity contribution in [2.75, 3.05) is 20.3 Å². The first kappa shape index (κ1) is 37.4. The predicted octanol–water partition coefficient (Wildman–Crippen LogP) is 8.70. The van der Waals surface area contributed by atoms with Crippen molar-refractivity contribution in [2.45, 2.75) is 117 Å². The Labute approximate surface area is 265 Å². The summed E-state index contributed by atoms with van der Waals surface area (Å²) >= 11 is 0. The van der Waals surface area contributed by atoms with Gasteiger partial charge in [0.25, 0.3) is 8.32 Å². The summed E-state index contributed by atoms with van der Waals surface area (Å²) in [6.07, 6.45) is 2.61. The second kappa shape index (κ2) is 16.5. The second-order valence-corrected chi connectivity index (χ2v) is 24.0. The number of carbonyl (C=O) groups is 1. The highest BCUT2D eigenvalue weighted by atomic mass is 28.4. The van der Waals surface area contributed by atoms with E-state index < -0.39 is 16.6 Å². The molecule has 4 nitrogen and oxygen atoms in total. The van der Waals surface area contributed by atoms with Crippen LogP contribution in [0.4, 0.5) is 0 Å². The fraction of sp³-hybridized carbons (Fsp3) is 0.595. The Balaban J connectivity index is 2.47. The van der Waals surface area contributed by atoms with Gasteiger partial charge in [0.2, 0.25) is 8.32 Å². The molecule has 0 aliphatic rings. The van der Waals surface area contributed by atoms with Gasteiger partial charge in [-0.2, -0.15) is 0 Å². The van der Waals surface area contributed by atoms with Crippen LogP contribution < -0.4 is 10.4 Å². The number of rotatable bonds is 17. The van der Waals surface area contributed by atoms with Crippen molar-refractivity contribution in [1.29, 1.82) is 0 Å². The molecule has 0 heterocycles. The van der Waals surface area contributed by atoms with Crippen molar-refractivity contribution in [3.05, 3.63) is 71.8 Å². The van der Waals surface area contributed by atoms with Crippen molar-refractivity contribution >= 4 is 33.3 Å². The number of hydrogen-bond donors (Lipinski definition) is 0. The molecule has 0 saturated carbocycles. The molecule has 240 valence electrons. The van der Waals surface area contributed by atoms with Gasteiger partial charge in [-0.25, -0.2) is 0 Å². The Kier molecular flexibility index (Phi) is 14.3. The van der Waals surface area contributed by atoms with Crippen LogP contribution in [0, 0.1) is 5.92 Å². The Hall–Kier alpha value is -1.84. The average Bonchev–Trinajstić information content (AvgIpc) is 2.96. The fourth-order valence-corrected chi connectivity index (χ4v) is 17.4. The van der Waals surface area contributed by atoms with Crippen molar-refractivity contribution in [3.63, 3.8) is 0 Å². The quantitative estimate of drug-likeness (QED) is 0.100. The second-order valence-electron chi connectivity index (χ2n) is 14.3. The number of hydrogen-bond acceptors (Lipinski definition) is 4. The molecule has 0 fully saturated rings. The van der Waals surface area contributed by atoms with Gasteiger partial charge in [0.1, 0.15) is 6.29 Å². The van der Waals surface area contributed by atoms with Gasteiger partial charge in [0.05, 0.1) is 19.3 Å². The third kappa shape index (κ3) is 8.67. The topological polar surface area (TPSA) is 44.8 Å². The van der Waals surface area contributed by atoms with E-state index in [0.717, 1.165) is 19.1 Å². The van der Waals surface area contributed by atoms with Crippen LogP contribution in [0.5, 0.6) is 0 Å². The smallest absolute Gasteiger partial charge is 0.261 e. The van der Waals surface area contributed by atoms with Gasteiger partial charge in [0.15, 0.2) is 0 Å². The minimum absolute atomic E-state index is 0.0986. The number of ether oxygens (including phenoxy) is 1. The molecular formula is C37H60O4Si2. The lowest BCUT2D eigenvalue weighted by molar-refractivity contribution is -0.113. The van der Waals surface area contributed by atoms with Crippen molar-refractivity contribution < 1.29 is 18.4 Å². The van der Waals surface area contributed by atoms with E-state index in [0.29, 0.717) is 29.8 Å². The summed E-state index contributed by atoms with van der Waals surface area (Å²) in [5, 5.41) is 2.45. The molecule has 6 heteroatoms. The van der Waals surface area contributed by atoms with Crippen molar-refractivity contribution in [1.82, 2.24) is 0 Å². The number of methoxy groups -OCH3 is 1. The lowest BCUT2D eigenvalue weighted by Crippen LogP contribution is -2.66. The molecule has 43 heavy (non-hydrogen) atoms. The van der Waals surface area contributed by atoms with Crippen LogP contribution in [0.1, 0.15) is 89.0 Å². The summed E-state index contributed by atoms with van der Waals surface area (Å²) < 4.78 is 20.2. The van der Waals surface area contributed by atoms with Crippen LogP contribution in [-0.2, 0) is 18.4 Å². The SMILES string of the molecule is COC/C(CO[Si](c1ccccc1)(c1ccccc1)C(C)(C)C)=C(\C)CC[C@H](O[Si](C(C)C)(C(C)C)C(C)C)[C@@H](C)C=O. The van der Waals surface area contributed by atoms with Gasteiger partial charge in [-0.1, -0.05) is 135 Å². The number of aldehydes is 1. The molecule has 2 rings (SSSR count). The molecule has 0 radical (unpaired) electrons. The Bertz CT molecular complexity index is 1070.